The van der Waals surface area contributed by atoms with Crippen LogP contribution in [0.5, 0.6) is 0 Å². The van der Waals surface area contributed by atoms with Gasteiger partial charge in [0.1, 0.15) is 22.9 Å². The molecule has 1 saturated carbocycles. The zero-order chi connectivity index (χ0) is 34.8. The molecule has 3 atom stereocenters. The number of aromatic nitrogens is 4. The van der Waals surface area contributed by atoms with Crippen molar-refractivity contribution >= 4 is 12.2 Å². The van der Waals surface area contributed by atoms with Gasteiger partial charge in [0, 0.05) is 12.1 Å². The summed E-state index contributed by atoms with van der Waals surface area (Å²) in [6.45, 7) is 18.2. The number of hydrogen-bond acceptors (Lipinski definition) is 6. The lowest BCUT2D eigenvalue weighted by molar-refractivity contribution is 0.0145. The molecule has 0 aliphatic heterocycles. The Morgan fingerprint density at radius 3 is 1.60 bits per heavy atom. The molecule has 2 aromatic carbocycles. The number of amides is 2. The molecule has 0 radical (unpaired) electrons. The third-order valence-corrected chi connectivity index (χ3v) is 8.47. The molecule has 10 nitrogen and oxygen atoms in total. The minimum absolute atomic E-state index is 0.0140. The third kappa shape index (κ3) is 8.85. The van der Waals surface area contributed by atoms with Crippen LogP contribution in [-0.2, 0) is 22.6 Å². The van der Waals surface area contributed by atoms with E-state index in [0.29, 0.717) is 24.8 Å². The molecule has 1 aliphatic carbocycles. The van der Waals surface area contributed by atoms with Crippen LogP contribution in [0.1, 0.15) is 86.8 Å². The first kappa shape index (κ1) is 34.7. The highest BCUT2D eigenvalue weighted by Gasteiger charge is 2.42. The fourth-order valence-corrected chi connectivity index (χ4v) is 5.50. The number of benzene rings is 2. The lowest BCUT2D eigenvalue weighted by atomic mass is 10.0. The average Bonchev–Trinajstić information content (AvgIpc) is 3.37. The first-order valence-corrected chi connectivity index (χ1v) is 16.9. The molecule has 0 bridgehead atoms. The van der Waals surface area contributed by atoms with Gasteiger partial charge >= 0.3 is 12.2 Å². The standard InChI is InChI=1S/C38H50N6O4/c1-10-25(3)43(35(45)47-37(4,5)6)22-33-39-20-30(41-33)28-15-11-26(12-16-28)27-13-17-29(18-14-27)31-21-40-34(42-31)23-44(32-19-24(32)2)36(46)48-38(7,8)9/h11-18,20-21,24-25,32H,10,19,22-23H2,1-9H3,(H,39,41)(H,40,42). The summed E-state index contributed by atoms with van der Waals surface area (Å²) in [7, 11) is 0. The van der Waals surface area contributed by atoms with Crippen LogP contribution in [-0.4, -0.2) is 65.2 Å². The van der Waals surface area contributed by atoms with Gasteiger partial charge in [-0.15, -0.1) is 0 Å². The molecule has 2 amide bonds. The van der Waals surface area contributed by atoms with Crippen LogP contribution >= 0.6 is 0 Å². The number of imidazole rings is 2. The summed E-state index contributed by atoms with van der Waals surface area (Å²) in [4.78, 5) is 45.2. The monoisotopic (exact) mass is 654 g/mol. The van der Waals surface area contributed by atoms with E-state index in [-0.39, 0.29) is 24.3 Å². The Kier molecular flexibility index (Phi) is 10.0. The number of H-pyrrole nitrogens is 2. The maximum Gasteiger partial charge on any atom is 0.410 e. The summed E-state index contributed by atoms with van der Waals surface area (Å²) in [6, 6.07) is 16.9. The third-order valence-electron chi connectivity index (χ3n) is 8.47. The van der Waals surface area contributed by atoms with Crippen LogP contribution in [0.3, 0.4) is 0 Å². The van der Waals surface area contributed by atoms with Crippen LogP contribution in [0.15, 0.2) is 60.9 Å². The Hall–Kier alpha value is -4.60. The zero-order valence-corrected chi connectivity index (χ0v) is 29.8. The van der Waals surface area contributed by atoms with Crippen molar-refractivity contribution in [3.8, 4) is 33.6 Å². The van der Waals surface area contributed by atoms with Crippen molar-refractivity contribution in [2.24, 2.45) is 5.92 Å². The molecule has 2 heterocycles. The van der Waals surface area contributed by atoms with E-state index in [4.69, 9.17) is 9.47 Å². The van der Waals surface area contributed by atoms with Crippen LogP contribution in [0, 0.1) is 5.92 Å². The molecule has 256 valence electrons. The Labute approximate surface area is 284 Å². The normalized spacial score (nSPS) is 16.7. The molecular weight excluding hydrogens is 604 g/mol. The highest BCUT2D eigenvalue weighted by atomic mass is 16.6. The highest BCUT2D eigenvalue weighted by molar-refractivity contribution is 5.72. The highest BCUT2D eigenvalue weighted by Crippen LogP contribution is 2.37. The van der Waals surface area contributed by atoms with E-state index in [1.54, 1.807) is 16.0 Å². The van der Waals surface area contributed by atoms with Crippen molar-refractivity contribution < 1.29 is 19.1 Å². The summed E-state index contributed by atoms with van der Waals surface area (Å²) < 4.78 is 11.3. The van der Waals surface area contributed by atoms with Gasteiger partial charge < -0.3 is 19.4 Å². The van der Waals surface area contributed by atoms with E-state index in [1.165, 1.54) is 0 Å². The molecule has 10 heteroatoms. The van der Waals surface area contributed by atoms with Gasteiger partial charge in [-0.1, -0.05) is 62.4 Å². The summed E-state index contributed by atoms with van der Waals surface area (Å²) in [5.41, 5.74) is 4.87. The Bertz CT molecular complexity index is 1580. The molecule has 4 aromatic rings. The van der Waals surface area contributed by atoms with Gasteiger partial charge in [0.05, 0.1) is 36.9 Å². The molecular formula is C38H50N6O4. The van der Waals surface area contributed by atoms with Crippen molar-refractivity contribution in [1.29, 1.82) is 0 Å². The quantitative estimate of drug-likeness (QED) is 0.177. The number of ether oxygens (including phenoxy) is 2. The topological polar surface area (TPSA) is 116 Å². The number of hydrogen-bond donors (Lipinski definition) is 2. The Morgan fingerprint density at radius 1 is 0.771 bits per heavy atom. The summed E-state index contributed by atoms with van der Waals surface area (Å²) in [6.07, 6.45) is 4.77. The predicted octanol–water partition coefficient (Wildman–Crippen LogP) is 8.81. The molecule has 2 aromatic heterocycles. The largest absolute Gasteiger partial charge is 0.444 e. The molecule has 0 saturated heterocycles. The minimum Gasteiger partial charge on any atom is -0.444 e. The summed E-state index contributed by atoms with van der Waals surface area (Å²) in [5.74, 6) is 1.90. The van der Waals surface area contributed by atoms with Crippen molar-refractivity contribution in [1.82, 2.24) is 29.7 Å². The Balaban J connectivity index is 1.23. The van der Waals surface area contributed by atoms with E-state index in [0.717, 1.165) is 52.3 Å². The van der Waals surface area contributed by atoms with Crippen LogP contribution in [0.4, 0.5) is 9.59 Å². The minimum atomic E-state index is -0.566. The maximum absolute atomic E-state index is 12.9. The second-order valence-corrected chi connectivity index (χ2v) is 14.9. The Morgan fingerprint density at radius 2 is 1.19 bits per heavy atom. The number of rotatable bonds is 10. The molecule has 0 spiro atoms. The van der Waals surface area contributed by atoms with E-state index in [2.05, 4.69) is 82.3 Å². The van der Waals surface area contributed by atoms with Gasteiger partial charge in [-0.05, 0) is 89.5 Å². The first-order valence-electron chi connectivity index (χ1n) is 16.9. The smallest absolute Gasteiger partial charge is 0.410 e. The summed E-state index contributed by atoms with van der Waals surface area (Å²) >= 11 is 0. The van der Waals surface area contributed by atoms with Crippen LogP contribution < -0.4 is 0 Å². The molecule has 2 N–H and O–H groups in total. The van der Waals surface area contributed by atoms with E-state index in [1.807, 2.05) is 54.7 Å². The van der Waals surface area contributed by atoms with Crippen molar-refractivity contribution in [2.45, 2.75) is 112 Å². The number of aromatic amines is 2. The van der Waals surface area contributed by atoms with E-state index in [9.17, 15) is 9.59 Å². The average molecular weight is 655 g/mol. The SMILES string of the molecule is CCC(C)N(Cc1ncc(-c2ccc(-c3ccc(-c4cnc(CN(C(=O)OC(C)(C)C)C5CC5C)[nH]4)cc3)cc2)[nH]1)C(=O)OC(C)(C)C. The second-order valence-electron chi connectivity index (χ2n) is 14.9. The van der Waals surface area contributed by atoms with Gasteiger partial charge in [0.25, 0.3) is 0 Å². The summed E-state index contributed by atoms with van der Waals surface area (Å²) in [5, 5.41) is 0. The number of nitrogens with zero attached hydrogens (tertiary/aromatic N) is 4. The maximum atomic E-state index is 12.9. The molecule has 5 rings (SSSR count). The van der Waals surface area contributed by atoms with Crippen LogP contribution in [0.2, 0.25) is 0 Å². The van der Waals surface area contributed by atoms with E-state index >= 15 is 0 Å². The first-order chi connectivity index (χ1) is 22.6. The van der Waals surface area contributed by atoms with Gasteiger partial charge in [0.2, 0.25) is 0 Å². The number of carbonyl (C=O) groups excluding carboxylic acids is 2. The van der Waals surface area contributed by atoms with Crippen molar-refractivity contribution in [2.75, 3.05) is 0 Å². The fourth-order valence-electron chi connectivity index (χ4n) is 5.50. The molecule has 1 fully saturated rings. The van der Waals surface area contributed by atoms with Crippen molar-refractivity contribution in [3.05, 3.63) is 72.6 Å². The van der Waals surface area contributed by atoms with Gasteiger partial charge in [0.15, 0.2) is 0 Å². The van der Waals surface area contributed by atoms with Gasteiger partial charge in [-0.25, -0.2) is 19.6 Å². The fraction of sp³-hybridized carbons (Fsp3) is 0.474. The number of nitrogens with one attached hydrogen (secondary N) is 2. The zero-order valence-electron chi connectivity index (χ0n) is 29.8. The number of carbonyl (C=O) groups is 2. The second kappa shape index (κ2) is 13.9. The predicted molar refractivity (Wildman–Crippen MR) is 188 cm³/mol. The molecule has 1 aliphatic rings. The lowest BCUT2D eigenvalue weighted by Gasteiger charge is -2.30. The van der Waals surface area contributed by atoms with Gasteiger partial charge in [-0.3, -0.25) is 9.80 Å². The van der Waals surface area contributed by atoms with E-state index < -0.39 is 11.2 Å². The van der Waals surface area contributed by atoms with Gasteiger partial charge in [-0.2, -0.15) is 0 Å². The molecule has 48 heavy (non-hydrogen) atoms. The lowest BCUT2D eigenvalue weighted by Crippen LogP contribution is -2.41. The van der Waals surface area contributed by atoms with Crippen molar-refractivity contribution in [3.63, 3.8) is 0 Å². The molecule has 3 unspecified atom stereocenters. The van der Waals surface area contributed by atoms with Crippen LogP contribution in [0.25, 0.3) is 33.6 Å².